The first-order chi connectivity index (χ1) is 14.7. The molecule has 3 aromatic rings. The Hall–Kier alpha value is -2.39. The first-order valence-electron chi connectivity index (χ1n) is 9.90. The number of oxime groups is 1. The molecule has 0 saturated carbocycles. The summed E-state index contributed by atoms with van der Waals surface area (Å²) in [5.74, 6) is 0.0597. The van der Waals surface area contributed by atoms with Crippen LogP contribution in [0.2, 0.25) is 0 Å². The molecule has 1 fully saturated rings. The van der Waals surface area contributed by atoms with Crippen molar-refractivity contribution in [1.82, 2.24) is 9.88 Å². The fourth-order valence-electron chi connectivity index (χ4n) is 3.85. The Labute approximate surface area is 194 Å². The molecule has 0 aliphatic carbocycles. The number of aliphatic imine (C=N–C) groups is 1. The summed E-state index contributed by atoms with van der Waals surface area (Å²) in [6.45, 7) is 4.60. The minimum absolute atomic E-state index is 0. The van der Waals surface area contributed by atoms with Crippen LogP contribution in [0, 0.1) is 0 Å². The zero-order chi connectivity index (χ0) is 20.5. The Morgan fingerprint density at radius 2 is 1.97 bits per heavy atom. The molecular formula is C22H22BrClN4O3. The van der Waals surface area contributed by atoms with E-state index in [-0.39, 0.29) is 18.3 Å². The number of aromatic amines is 1. The second-order valence-electron chi connectivity index (χ2n) is 7.22. The maximum absolute atomic E-state index is 10.7. The predicted molar refractivity (Wildman–Crippen MR) is 127 cm³/mol. The van der Waals surface area contributed by atoms with E-state index in [0.29, 0.717) is 23.6 Å². The molecule has 0 atom stereocenters. The van der Waals surface area contributed by atoms with Crippen LogP contribution in [0.3, 0.4) is 0 Å². The number of nitrogens with one attached hydrogen (secondary N) is 1. The van der Waals surface area contributed by atoms with Crippen molar-refractivity contribution in [2.24, 2.45) is 10.1 Å². The molecule has 0 unspecified atom stereocenters. The van der Waals surface area contributed by atoms with Crippen LogP contribution in [-0.4, -0.2) is 65.9 Å². The van der Waals surface area contributed by atoms with Gasteiger partial charge in [0.2, 0.25) is 0 Å². The van der Waals surface area contributed by atoms with E-state index in [9.17, 15) is 5.11 Å². The van der Waals surface area contributed by atoms with Crippen LogP contribution in [0.4, 0.5) is 5.69 Å². The maximum atomic E-state index is 10.7. The first-order valence-corrected chi connectivity index (χ1v) is 10.7. The average molecular weight is 506 g/mol. The van der Waals surface area contributed by atoms with Crippen LogP contribution in [0.15, 0.2) is 57.1 Å². The molecule has 7 nitrogen and oxygen atoms in total. The molecule has 2 aromatic carbocycles. The van der Waals surface area contributed by atoms with Crippen molar-refractivity contribution in [3.63, 3.8) is 0 Å². The molecule has 1 saturated heterocycles. The monoisotopic (exact) mass is 504 g/mol. The molecule has 0 bridgehead atoms. The molecule has 1 aromatic heterocycles. The van der Waals surface area contributed by atoms with Gasteiger partial charge in [-0.15, -0.1) is 12.4 Å². The fourth-order valence-corrected chi connectivity index (χ4v) is 4.32. The third-order valence-corrected chi connectivity index (χ3v) is 6.03. The van der Waals surface area contributed by atoms with Crippen molar-refractivity contribution in [3.8, 4) is 5.88 Å². The molecule has 2 aliphatic rings. The van der Waals surface area contributed by atoms with Crippen molar-refractivity contribution < 1.29 is 14.7 Å². The Balaban J connectivity index is 0.00000231. The first kappa shape index (κ1) is 21.8. The number of ether oxygens (including phenoxy) is 1. The van der Waals surface area contributed by atoms with E-state index in [2.05, 4.69) is 31.0 Å². The smallest absolute Gasteiger partial charge is 0.199 e. The molecule has 31 heavy (non-hydrogen) atoms. The minimum atomic E-state index is 0. The summed E-state index contributed by atoms with van der Waals surface area (Å²) in [6, 6.07) is 13.6. The lowest BCUT2D eigenvalue weighted by Crippen LogP contribution is -2.38. The van der Waals surface area contributed by atoms with E-state index >= 15 is 0 Å². The molecule has 9 heteroatoms. The van der Waals surface area contributed by atoms with Crippen LogP contribution in [-0.2, 0) is 9.57 Å². The van der Waals surface area contributed by atoms with Gasteiger partial charge in [0, 0.05) is 35.1 Å². The summed E-state index contributed by atoms with van der Waals surface area (Å²) in [5, 5.41) is 16.0. The van der Waals surface area contributed by atoms with Gasteiger partial charge in [-0.3, -0.25) is 4.90 Å². The van der Waals surface area contributed by atoms with Gasteiger partial charge in [0.25, 0.3) is 0 Å². The van der Waals surface area contributed by atoms with Crippen molar-refractivity contribution in [3.05, 3.63) is 58.1 Å². The summed E-state index contributed by atoms with van der Waals surface area (Å²) >= 11 is 3.53. The lowest BCUT2D eigenvalue weighted by Gasteiger charge is -2.25. The number of para-hydroxylation sites is 2. The second kappa shape index (κ2) is 9.40. The zero-order valence-electron chi connectivity index (χ0n) is 16.7. The number of morpholine rings is 1. The number of fused-ring (bicyclic) bond motifs is 2. The lowest BCUT2D eigenvalue weighted by molar-refractivity contribution is 0.0213. The Morgan fingerprint density at radius 3 is 2.81 bits per heavy atom. The standard InChI is InChI=1S/C22H21BrN4O3.ClH/c23-16-6-3-5-15-18(22(28)25-19(15)16)21-20(14-4-1-2-7-17(14)24-21)26-30-13-10-27-8-11-29-12-9-27;/h1-7,25,28H,8-13H2;1H/b26-20+;. The largest absolute Gasteiger partial charge is 0.494 e. The highest BCUT2D eigenvalue weighted by molar-refractivity contribution is 9.10. The van der Waals surface area contributed by atoms with Crippen LogP contribution >= 0.6 is 28.3 Å². The minimum Gasteiger partial charge on any atom is -0.494 e. The highest BCUT2D eigenvalue weighted by Crippen LogP contribution is 2.37. The quantitative estimate of drug-likeness (QED) is 0.401. The van der Waals surface area contributed by atoms with Gasteiger partial charge in [0.15, 0.2) is 5.88 Å². The molecule has 0 spiro atoms. The van der Waals surface area contributed by atoms with E-state index in [1.165, 1.54) is 0 Å². The number of H-pyrrole nitrogens is 1. The van der Waals surface area contributed by atoms with Gasteiger partial charge in [-0.1, -0.05) is 35.5 Å². The van der Waals surface area contributed by atoms with Gasteiger partial charge < -0.3 is 19.7 Å². The molecule has 0 amide bonds. The SMILES string of the molecule is Cl.Oc1[nH]c2c(Br)cccc2c1C1=Nc2ccccc2/C1=N\OCCN1CCOCC1. The van der Waals surface area contributed by atoms with Gasteiger partial charge in [0.1, 0.15) is 18.0 Å². The van der Waals surface area contributed by atoms with Crippen molar-refractivity contribution >= 4 is 56.4 Å². The van der Waals surface area contributed by atoms with Gasteiger partial charge in [-0.2, -0.15) is 0 Å². The molecular weight excluding hydrogens is 484 g/mol. The molecule has 0 radical (unpaired) electrons. The number of aromatic hydroxyl groups is 1. The fraction of sp³-hybridized carbons (Fsp3) is 0.273. The number of benzene rings is 2. The van der Waals surface area contributed by atoms with Crippen LogP contribution in [0.25, 0.3) is 10.9 Å². The molecule has 162 valence electrons. The van der Waals surface area contributed by atoms with E-state index in [4.69, 9.17) is 14.6 Å². The second-order valence-corrected chi connectivity index (χ2v) is 8.07. The summed E-state index contributed by atoms with van der Waals surface area (Å²) < 4.78 is 6.25. The van der Waals surface area contributed by atoms with Crippen molar-refractivity contribution in [1.29, 1.82) is 0 Å². The Kier molecular flexibility index (Phi) is 6.62. The Bertz CT molecular complexity index is 1150. The number of rotatable bonds is 5. The van der Waals surface area contributed by atoms with Crippen molar-refractivity contribution in [2.75, 3.05) is 39.5 Å². The van der Waals surface area contributed by atoms with E-state index < -0.39 is 0 Å². The summed E-state index contributed by atoms with van der Waals surface area (Å²) in [7, 11) is 0. The third-order valence-electron chi connectivity index (χ3n) is 5.37. The lowest BCUT2D eigenvalue weighted by atomic mass is 10.0. The van der Waals surface area contributed by atoms with Crippen LogP contribution in [0.5, 0.6) is 5.88 Å². The third kappa shape index (κ3) is 4.21. The molecule has 2 aliphatic heterocycles. The normalized spacial score (nSPS) is 17.5. The summed E-state index contributed by atoms with van der Waals surface area (Å²) in [4.78, 5) is 15.8. The number of nitrogens with zero attached hydrogens (tertiary/aromatic N) is 3. The van der Waals surface area contributed by atoms with E-state index in [1.54, 1.807) is 0 Å². The molecule has 5 rings (SSSR count). The number of halogens is 2. The number of hydrogen-bond donors (Lipinski definition) is 2. The highest BCUT2D eigenvalue weighted by Gasteiger charge is 2.29. The van der Waals surface area contributed by atoms with Crippen LogP contribution < -0.4 is 0 Å². The van der Waals surface area contributed by atoms with E-state index in [1.807, 2.05) is 42.5 Å². The zero-order valence-corrected chi connectivity index (χ0v) is 19.1. The average Bonchev–Trinajstić information content (AvgIpc) is 3.29. The van der Waals surface area contributed by atoms with Gasteiger partial charge in [-0.25, -0.2) is 4.99 Å². The Morgan fingerprint density at radius 1 is 1.16 bits per heavy atom. The number of aromatic nitrogens is 1. The van der Waals surface area contributed by atoms with Crippen molar-refractivity contribution in [2.45, 2.75) is 0 Å². The summed E-state index contributed by atoms with van der Waals surface area (Å²) in [5.41, 5.74) is 4.37. The highest BCUT2D eigenvalue weighted by atomic mass is 79.9. The van der Waals surface area contributed by atoms with Gasteiger partial charge in [0.05, 0.1) is 30.0 Å². The predicted octanol–water partition coefficient (Wildman–Crippen LogP) is 4.25. The molecule has 2 N–H and O–H groups in total. The number of hydrogen-bond acceptors (Lipinski definition) is 6. The van der Waals surface area contributed by atoms with Gasteiger partial charge in [-0.05, 0) is 28.1 Å². The molecule has 3 heterocycles. The topological polar surface area (TPSA) is 82.4 Å². The van der Waals surface area contributed by atoms with Gasteiger partial charge >= 0.3 is 0 Å². The summed E-state index contributed by atoms with van der Waals surface area (Å²) in [6.07, 6.45) is 0. The van der Waals surface area contributed by atoms with Crippen LogP contribution in [0.1, 0.15) is 11.1 Å². The van der Waals surface area contributed by atoms with E-state index in [0.717, 1.165) is 59.5 Å². The maximum Gasteiger partial charge on any atom is 0.199 e.